The molecule has 0 aromatic rings. The number of rotatable bonds is 12. The van der Waals surface area contributed by atoms with Crippen LogP contribution in [0, 0.1) is 0 Å². The van der Waals surface area contributed by atoms with Crippen molar-refractivity contribution in [1.29, 1.82) is 0 Å². The highest BCUT2D eigenvalue weighted by Gasteiger charge is 2.14. The molecule has 0 spiro atoms. The van der Waals surface area contributed by atoms with Gasteiger partial charge in [-0.3, -0.25) is 9.35 Å². The summed E-state index contributed by atoms with van der Waals surface area (Å²) >= 11 is 0. The third-order valence-electron chi connectivity index (χ3n) is 3.28. The molecule has 0 rings (SSSR count). The van der Waals surface area contributed by atoms with Gasteiger partial charge in [-0.05, 0) is 6.42 Å². The minimum absolute atomic E-state index is 0.231. The van der Waals surface area contributed by atoms with Crippen LogP contribution in [-0.4, -0.2) is 36.7 Å². The van der Waals surface area contributed by atoms with Crippen molar-refractivity contribution in [2.45, 2.75) is 71.1 Å². The molecule has 1 N–H and O–H groups in total. The molecule has 120 valence electrons. The van der Waals surface area contributed by atoms with E-state index in [4.69, 9.17) is 4.55 Å². The van der Waals surface area contributed by atoms with Crippen LogP contribution in [0.3, 0.4) is 0 Å². The Morgan fingerprint density at radius 1 is 0.950 bits per heavy atom. The average Bonchev–Trinajstić information content (AvgIpc) is 2.34. The first-order chi connectivity index (χ1) is 9.37. The summed E-state index contributed by atoms with van der Waals surface area (Å²) in [5, 5.41) is 0. The van der Waals surface area contributed by atoms with E-state index in [1.807, 2.05) is 0 Å². The smallest absolute Gasteiger partial charge is 0.283 e. The van der Waals surface area contributed by atoms with Crippen LogP contribution >= 0.6 is 0 Å². The Labute approximate surface area is 123 Å². The maximum Gasteiger partial charge on any atom is 0.283 e. The van der Waals surface area contributed by atoms with Crippen LogP contribution in [0.1, 0.15) is 71.1 Å². The van der Waals surface area contributed by atoms with Gasteiger partial charge < -0.3 is 4.90 Å². The predicted octanol–water partition coefficient (Wildman–Crippen LogP) is 3.21. The van der Waals surface area contributed by atoms with Gasteiger partial charge in [0.1, 0.15) is 5.88 Å². The lowest BCUT2D eigenvalue weighted by Gasteiger charge is -2.14. The number of unbranched alkanes of at least 4 members (excludes halogenated alkanes) is 8. The fraction of sp³-hybridized carbons (Fsp3) is 0.929. The van der Waals surface area contributed by atoms with Gasteiger partial charge in [-0.15, -0.1) is 0 Å². The first-order valence-corrected chi connectivity index (χ1v) is 9.17. The standard InChI is InChI=1S/C14H29NO4S/c1-3-4-5-6-7-8-9-10-11-12-14(16)15(2)13-20(17,18)19/h3-13H2,1-2H3,(H,17,18,19). The van der Waals surface area contributed by atoms with Crippen LogP contribution in [0.4, 0.5) is 0 Å². The number of amides is 1. The molecule has 0 aromatic carbocycles. The van der Waals surface area contributed by atoms with E-state index in [1.54, 1.807) is 0 Å². The first kappa shape index (κ1) is 19.4. The summed E-state index contributed by atoms with van der Waals surface area (Å²) in [6.07, 6.45) is 10.9. The lowest BCUT2D eigenvalue weighted by atomic mass is 10.1. The lowest BCUT2D eigenvalue weighted by Crippen LogP contribution is -2.31. The van der Waals surface area contributed by atoms with E-state index in [1.165, 1.54) is 45.6 Å². The predicted molar refractivity (Wildman–Crippen MR) is 81.0 cm³/mol. The van der Waals surface area contributed by atoms with Gasteiger partial charge in [0.25, 0.3) is 10.1 Å². The van der Waals surface area contributed by atoms with Gasteiger partial charge >= 0.3 is 0 Å². The zero-order valence-electron chi connectivity index (χ0n) is 12.8. The van der Waals surface area contributed by atoms with Gasteiger partial charge in [0, 0.05) is 13.5 Å². The molecule has 0 unspecified atom stereocenters. The fourth-order valence-corrected chi connectivity index (χ4v) is 2.73. The molecule has 6 heteroatoms. The Kier molecular flexibility index (Phi) is 10.7. The van der Waals surface area contributed by atoms with E-state index in [-0.39, 0.29) is 5.91 Å². The third-order valence-corrected chi connectivity index (χ3v) is 3.99. The summed E-state index contributed by atoms with van der Waals surface area (Å²) in [5.41, 5.74) is 0. The van der Waals surface area contributed by atoms with Crippen molar-refractivity contribution < 1.29 is 17.8 Å². The Hall–Kier alpha value is -0.620. The van der Waals surface area contributed by atoms with Crippen LogP contribution in [0.25, 0.3) is 0 Å². The van der Waals surface area contributed by atoms with Gasteiger partial charge in [0.15, 0.2) is 0 Å². The highest BCUT2D eigenvalue weighted by atomic mass is 32.2. The quantitative estimate of drug-likeness (QED) is 0.444. The van der Waals surface area contributed by atoms with E-state index < -0.39 is 16.0 Å². The molecule has 0 heterocycles. The fourth-order valence-electron chi connectivity index (χ4n) is 2.09. The topological polar surface area (TPSA) is 74.7 Å². The summed E-state index contributed by atoms with van der Waals surface area (Å²) in [5.74, 6) is -0.853. The van der Waals surface area contributed by atoms with Crippen molar-refractivity contribution >= 4 is 16.0 Å². The summed E-state index contributed by atoms with van der Waals surface area (Å²) in [4.78, 5) is 12.6. The van der Waals surface area contributed by atoms with E-state index in [2.05, 4.69) is 6.92 Å². The minimum atomic E-state index is -4.11. The van der Waals surface area contributed by atoms with E-state index in [0.29, 0.717) is 6.42 Å². The zero-order chi connectivity index (χ0) is 15.4. The normalized spacial score (nSPS) is 11.6. The second-order valence-electron chi connectivity index (χ2n) is 5.38. The van der Waals surface area contributed by atoms with E-state index >= 15 is 0 Å². The first-order valence-electron chi connectivity index (χ1n) is 7.56. The van der Waals surface area contributed by atoms with Crippen molar-refractivity contribution in [3.05, 3.63) is 0 Å². The second-order valence-corrected chi connectivity index (χ2v) is 6.80. The van der Waals surface area contributed by atoms with Crippen LogP contribution < -0.4 is 0 Å². The Morgan fingerprint density at radius 2 is 1.40 bits per heavy atom. The summed E-state index contributed by atoms with van der Waals surface area (Å²) < 4.78 is 29.9. The molecule has 0 saturated carbocycles. The molecule has 0 aromatic heterocycles. The van der Waals surface area contributed by atoms with E-state index in [0.717, 1.165) is 24.2 Å². The number of carbonyl (C=O) groups excluding carboxylic acids is 1. The van der Waals surface area contributed by atoms with Crippen LogP contribution in [0.15, 0.2) is 0 Å². The molecule has 0 saturated heterocycles. The molecule has 20 heavy (non-hydrogen) atoms. The van der Waals surface area contributed by atoms with Crippen LogP contribution in [0.2, 0.25) is 0 Å². The largest absolute Gasteiger partial charge is 0.329 e. The van der Waals surface area contributed by atoms with Gasteiger partial charge in [0.05, 0.1) is 0 Å². The van der Waals surface area contributed by atoms with Crippen molar-refractivity contribution in [1.82, 2.24) is 4.90 Å². The molecule has 0 aliphatic rings. The molecular weight excluding hydrogens is 278 g/mol. The Morgan fingerprint density at radius 3 is 1.85 bits per heavy atom. The number of carbonyl (C=O) groups is 1. The summed E-state index contributed by atoms with van der Waals surface area (Å²) in [6.45, 7) is 2.20. The van der Waals surface area contributed by atoms with E-state index in [9.17, 15) is 13.2 Å². The van der Waals surface area contributed by atoms with Crippen molar-refractivity contribution in [3.63, 3.8) is 0 Å². The molecule has 0 aliphatic heterocycles. The van der Waals surface area contributed by atoms with Crippen LogP contribution in [0.5, 0.6) is 0 Å². The van der Waals surface area contributed by atoms with Crippen LogP contribution in [-0.2, 0) is 14.9 Å². The Balaban J connectivity index is 3.48. The van der Waals surface area contributed by atoms with Gasteiger partial charge in [-0.1, -0.05) is 58.3 Å². The maximum atomic E-state index is 11.6. The van der Waals surface area contributed by atoms with Gasteiger partial charge in [-0.25, -0.2) is 0 Å². The SMILES string of the molecule is CCCCCCCCCCCC(=O)N(C)CS(=O)(=O)O. The average molecular weight is 307 g/mol. The summed E-state index contributed by atoms with van der Waals surface area (Å²) in [7, 11) is -2.72. The zero-order valence-corrected chi connectivity index (χ0v) is 13.6. The van der Waals surface area contributed by atoms with Gasteiger partial charge in [-0.2, -0.15) is 8.42 Å². The molecular formula is C14H29NO4S. The monoisotopic (exact) mass is 307 g/mol. The van der Waals surface area contributed by atoms with Gasteiger partial charge in [0.2, 0.25) is 5.91 Å². The third kappa shape index (κ3) is 12.4. The molecule has 0 atom stereocenters. The van der Waals surface area contributed by atoms with Crippen molar-refractivity contribution in [2.24, 2.45) is 0 Å². The Bertz CT molecular complexity index is 354. The molecule has 5 nitrogen and oxygen atoms in total. The van der Waals surface area contributed by atoms with Crippen molar-refractivity contribution in [3.8, 4) is 0 Å². The minimum Gasteiger partial charge on any atom is -0.329 e. The molecule has 0 radical (unpaired) electrons. The lowest BCUT2D eigenvalue weighted by molar-refractivity contribution is -0.129. The highest BCUT2D eigenvalue weighted by molar-refractivity contribution is 7.85. The van der Waals surface area contributed by atoms with Crippen molar-refractivity contribution in [2.75, 3.05) is 12.9 Å². The molecule has 0 bridgehead atoms. The molecule has 0 aliphatic carbocycles. The second kappa shape index (κ2) is 11.1. The number of nitrogens with zero attached hydrogens (tertiary/aromatic N) is 1. The molecule has 1 amide bonds. The summed E-state index contributed by atoms with van der Waals surface area (Å²) in [6, 6.07) is 0. The molecule has 0 fully saturated rings. The number of hydrogen-bond acceptors (Lipinski definition) is 3. The maximum absolute atomic E-state index is 11.6. The highest BCUT2D eigenvalue weighted by Crippen LogP contribution is 2.11. The number of hydrogen-bond donors (Lipinski definition) is 1.